The first-order chi connectivity index (χ1) is 27.4. The fourth-order valence-corrected chi connectivity index (χ4v) is 7.59. The van der Waals surface area contributed by atoms with Crippen molar-refractivity contribution in [2.24, 2.45) is 23.3 Å². The number of likely N-dealkylation sites (tertiary alicyclic amines) is 1. The van der Waals surface area contributed by atoms with Gasteiger partial charge in [-0.15, -0.1) is 0 Å². The van der Waals surface area contributed by atoms with Crippen LogP contribution in [0.4, 0.5) is 0 Å². The lowest BCUT2D eigenvalue weighted by Crippen LogP contribution is -2.43. The van der Waals surface area contributed by atoms with Crippen LogP contribution < -0.4 is 11.5 Å². The molecule has 1 rings (SSSR count). The summed E-state index contributed by atoms with van der Waals surface area (Å²) in [6.07, 6.45) is 44.1. The molecule has 0 aromatic carbocycles. The summed E-state index contributed by atoms with van der Waals surface area (Å²) in [5.41, 5.74) is 11.9. The Morgan fingerprint density at radius 1 is 0.536 bits per heavy atom. The minimum atomic E-state index is -0.576. The summed E-state index contributed by atoms with van der Waals surface area (Å²) >= 11 is 0. The highest BCUT2D eigenvalue weighted by atomic mass is 16.5. The Hall–Kier alpha value is -2.19. The second kappa shape index (κ2) is 38.3. The molecule has 0 spiro atoms. The van der Waals surface area contributed by atoms with Crippen LogP contribution >= 0.6 is 0 Å². The van der Waals surface area contributed by atoms with E-state index in [1.165, 1.54) is 116 Å². The minimum absolute atomic E-state index is 0.0825. The van der Waals surface area contributed by atoms with Crippen molar-refractivity contribution in [3.8, 4) is 0 Å². The van der Waals surface area contributed by atoms with Crippen LogP contribution in [-0.4, -0.2) is 61.6 Å². The van der Waals surface area contributed by atoms with Gasteiger partial charge in [-0.05, 0) is 83.6 Å². The van der Waals surface area contributed by atoms with Gasteiger partial charge in [0.1, 0.15) is 0 Å². The van der Waals surface area contributed by atoms with Crippen LogP contribution in [0.15, 0.2) is 24.3 Å². The summed E-state index contributed by atoms with van der Waals surface area (Å²) in [6, 6.07) is -0.576. The molecule has 1 aliphatic heterocycles. The van der Waals surface area contributed by atoms with Gasteiger partial charge in [0.25, 0.3) is 0 Å². The van der Waals surface area contributed by atoms with Crippen molar-refractivity contribution in [3.05, 3.63) is 24.3 Å². The van der Waals surface area contributed by atoms with Gasteiger partial charge in [-0.1, -0.05) is 147 Å². The molecule has 0 bridgehead atoms. The van der Waals surface area contributed by atoms with Crippen LogP contribution in [0.25, 0.3) is 0 Å². The van der Waals surface area contributed by atoms with E-state index in [1.807, 2.05) is 0 Å². The Morgan fingerprint density at radius 2 is 0.893 bits per heavy atom. The van der Waals surface area contributed by atoms with E-state index in [0.717, 1.165) is 64.2 Å². The number of hydrogen-bond acceptors (Lipinski definition) is 7. The lowest BCUT2D eigenvalue weighted by Gasteiger charge is -2.21. The van der Waals surface area contributed by atoms with Gasteiger partial charge in [-0.3, -0.25) is 14.4 Å². The molecule has 8 heteroatoms. The lowest BCUT2D eigenvalue weighted by atomic mass is 9.98. The molecule has 3 atom stereocenters. The molecule has 326 valence electrons. The molecule has 1 saturated heterocycles. The van der Waals surface area contributed by atoms with Crippen LogP contribution in [0.3, 0.4) is 0 Å². The number of nitrogens with zero attached hydrogens (tertiary/aromatic N) is 1. The smallest absolute Gasteiger partial charge is 0.305 e. The molecule has 56 heavy (non-hydrogen) atoms. The summed E-state index contributed by atoms with van der Waals surface area (Å²) in [7, 11) is 0. The van der Waals surface area contributed by atoms with Gasteiger partial charge in [-0.2, -0.15) is 0 Å². The van der Waals surface area contributed by atoms with Gasteiger partial charge in [0.05, 0.1) is 19.3 Å². The zero-order chi connectivity index (χ0) is 40.7. The zero-order valence-corrected chi connectivity index (χ0v) is 36.6. The Bertz CT molecular complexity index is 937. The number of ether oxygens (including phenoxy) is 2. The fraction of sp³-hybridized carbons (Fsp3) is 0.854. The number of allylic oxidation sites excluding steroid dienone is 4. The summed E-state index contributed by atoms with van der Waals surface area (Å²) in [6.45, 7) is 6.48. The summed E-state index contributed by atoms with van der Waals surface area (Å²) in [5.74, 6) is -0.632. The molecule has 4 N–H and O–H groups in total. The second-order valence-corrected chi connectivity index (χ2v) is 16.7. The number of esters is 2. The Balaban J connectivity index is 2.31. The Labute approximate surface area is 345 Å². The maximum absolute atomic E-state index is 13.2. The molecular formula is C48H89N3O5. The van der Waals surface area contributed by atoms with Gasteiger partial charge in [0, 0.05) is 37.8 Å². The van der Waals surface area contributed by atoms with E-state index in [-0.39, 0.29) is 42.9 Å². The predicted molar refractivity (Wildman–Crippen MR) is 235 cm³/mol. The zero-order valence-electron chi connectivity index (χ0n) is 36.6. The topological polar surface area (TPSA) is 125 Å². The number of unbranched alkanes of at least 4 members (excludes halogenated alkanes) is 23. The van der Waals surface area contributed by atoms with Crippen LogP contribution in [0.1, 0.15) is 213 Å². The number of hydrogen-bond donors (Lipinski definition) is 2. The van der Waals surface area contributed by atoms with E-state index in [1.54, 1.807) is 4.90 Å². The first-order valence-corrected chi connectivity index (χ1v) is 23.8. The van der Waals surface area contributed by atoms with E-state index in [9.17, 15) is 14.4 Å². The minimum Gasteiger partial charge on any atom is -0.465 e. The SMILES string of the molecule is CCCCCCCCC=CCCCCCCCC(=O)OCC1CN(C(=O)[C@@H](N)CCCCN)C[C@H]1COC(=O)CCCCCCCC=CCCCCCCCC. The van der Waals surface area contributed by atoms with Crippen molar-refractivity contribution in [1.82, 2.24) is 4.90 Å². The summed E-state index contributed by atoms with van der Waals surface area (Å²) in [5, 5.41) is 0. The molecule has 0 radical (unpaired) electrons. The Morgan fingerprint density at radius 3 is 1.27 bits per heavy atom. The predicted octanol–water partition coefficient (Wildman–Crippen LogP) is 11.7. The molecule has 0 aromatic heterocycles. The van der Waals surface area contributed by atoms with Crippen molar-refractivity contribution in [2.45, 2.75) is 219 Å². The van der Waals surface area contributed by atoms with Crippen molar-refractivity contribution in [2.75, 3.05) is 32.8 Å². The van der Waals surface area contributed by atoms with E-state index in [2.05, 4.69) is 38.2 Å². The maximum Gasteiger partial charge on any atom is 0.305 e. The molecular weight excluding hydrogens is 699 g/mol. The average Bonchev–Trinajstić information content (AvgIpc) is 3.61. The van der Waals surface area contributed by atoms with Crippen molar-refractivity contribution in [3.63, 3.8) is 0 Å². The highest BCUT2D eigenvalue weighted by Gasteiger charge is 2.38. The standard InChI is InChI=1S/C48H89N3O5/c1-3-5-7-9-11-13-15-17-19-21-23-25-27-29-31-36-46(52)55-41-43-39-51(48(54)45(50)35-33-34-38-49)40-44(43)42-56-47(53)37-32-30-28-26-24-22-20-18-16-14-12-10-8-6-4-2/h17-20,43-45H,3-16,21-42,49-50H2,1-2H3/t43-,44?,45-/m0/s1. The van der Waals surface area contributed by atoms with Crippen LogP contribution in [0.5, 0.6) is 0 Å². The first-order valence-electron chi connectivity index (χ1n) is 23.8. The third-order valence-electron chi connectivity index (χ3n) is 11.4. The number of carbonyl (C=O) groups is 3. The quantitative estimate of drug-likeness (QED) is 0.0361. The molecule has 0 aliphatic carbocycles. The van der Waals surface area contributed by atoms with Gasteiger partial charge >= 0.3 is 11.9 Å². The number of rotatable bonds is 39. The Kier molecular flexibility index (Phi) is 35.5. The van der Waals surface area contributed by atoms with Crippen LogP contribution in [0, 0.1) is 11.8 Å². The lowest BCUT2D eigenvalue weighted by molar-refractivity contribution is -0.149. The van der Waals surface area contributed by atoms with Crippen LogP contribution in [-0.2, 0) is 23.9 Å². The third-order valence-corrected chi connectivity index (χ3v) is 11.4. The second-order valence-electron chi connectivity index (χ2n) is 16.7. The molecule has 1 unspecified atom stereocenters. The van der Waals surface area contributed by atoms with Crippen molar-refractivity contribution >= 4 is 17.8 Å². The number of amides is 1. The maximum atomic E-state index is 13.2. The molecule has 1 amide bonds. The molecule has 1 aliphatic rings. The monoisotopic (exact) mass is 788 g/mol. The summed E-state index contributed by atoms with van der Waals surface area (Å²) in [4.78, 5) is 40.3. The third kappa shape index (κ3) is 30.0. The molecule has 0 aromatic rings. The van der Waals surface area contributed by atoms with Gasteiger partial charge in [0.15, 0.2) is 0 Å². The molecule has 8 nitrogen and oxygen atoms in total. The summed E-state index contributed by atoms with van der Waals surface area (Å²) < 4.78 is 11.5. The van der Waals surface area contributed by atoms with Crippen molar-refractivity contribution < 1.29 is 23.9 Å². The van der Waals surface area contributed by atoms with E-state index < -0.39 is 6.04 Å². The van der Waals surface area contributed by atoms with Gasteiger partial charge < -0.3 is 25.8 Å². The largest absolute Gasteiger partial charge is 0.465 e. The fourth-order valence-electron chi connectivity index (χ4n) is 7.59. The number of nitrogens with two attached hydrogens (primary N) is 2. The highest BCUT2D eigenvalue weighted by Crippen LogP contribution is 2.26. The highest BCUT2D eigenvalue weighted by molar-refractivity contribution is 5.82. The van der Waals surface area contributed by atoms with Crippen molar-refractivity contribution in [1.29, 1.82) is 0 Å². The molecule has 1 heterocycles. The van der Waals surface area contributed by atoms with E-state index in [0.29, 0.717) is 38.9 Å². The van der Waals surface area contributed by atoms with E-state index >= 15 is 0 Å². The van der Waals surface area contributed by atoms with Gasteiger partial charge in [-0.25, -0.2) is 0 Å². The van der Waals surface area contributed by atoms with E-state index in [4.69, 9.17) is 20.9 Å². The first kappa shape index (κ1) is 51.8. The molecule has 0 saturated carbocycles. The normalized spacial score (nSPS) is 16.3. The van der Waals surface area contributed by atoms with Gasteiger partial charge in [0.2, 0.25) is 5.91 Å². The van der Waals surface area contributed by atoms with Crippen LogP contribution in [0.2, 0.25) is 0 Å². The number of carbonyl (C=O) groups excluding carboxylic acids is 3. The molecule has 1 fully saturated rings. The average molecular weight is 788 g/mol.